The minimum Gasteiger partial charge on any atom is -0.348 e. The van der Waals surface area contributed by atoms with Crippen LogP contribution in [0.3, 0.4) is 0 Å². The fourth-order valence-electron chi connectivity index (χ4n) is 3.28. The quantitative estimate of drug-likeness (QED) is 0.518. The minimum absolute atomic E-state index is 0.0641. The van der Waals surface area contributed by atoms with Crippen LogP contribution in [-0.4, -0.2) is 16.9 Å². The van der Waals surface area contributed by atoms with Gasteiger partial charge in [0.05, 0.1) is 4.92 Å². The van der Waals surface area contributed by atoms with Crippen molar-refractivity contribution >= 4 is 11.6 Å². The number of benzene rings is 3. The van der Waals surface area contributed by atoms with Crippen molar-refractivity contribution in [3.05, 3.63) is 112 Å². The van der Waals surface area contributed by atoms with Crippen LogP contribution in [0.2, 0.25) is 0 Å². The summed E-state index contributed by atoms with van der Waals surface area (Å²) >= 11 is 0. The van der Waals surface area contributed by atoms with Gasteiger partial charge in [-0.15, -0.1) is 0 Å². The highest BCUT2D eigenvalue weighted by Crippen LogP contribution is 2.28. The lowest BCUT2D eigenvalue weighted by molar-refractivity contribution is -0.385. The van der Waals surface area contributed by atoms with Crippen LogP contribution in [0, 0.1) is 10.1 Å². The molecule has 27 heavy (non-hydrogen) atoms. The van der Waals surface area contributed by atoms with Gasteiger partial charge in [-0.25, -0.2) is 0 Å². The van der Waals surface area contributed by atoms with E-state index in [2.05, 4.69) is 5.32 Å². The number of para-hydroxylation sites is 1. The molecule has 1 amide bonds. The summed E-state index contributed by atoms with van der Waals surface area (Å²) in [6.07, 6.45) is 0. The highest BCUT2D eigenvalue weighted by molar-refractivity contribution is 5.98. The lowest BCUT2D eigenvalue weighted by Gasteiger charge is -2.26. The molecule has 136 valence electrons. The SMILES string of the molecule is CC(NC(=O)c1ccccc1[N+](=O)[O-])C(c1ccccc1)c1ccccc1. The number of amides is 1. The molecular formula is C22H20N2O3. The number of hydrogen-bond acceptors (Lipinski definition) is 3. The van der Waals surface area contributed by atoms with Gasteiger partial charge < -0.3 is 5.32 Å². The predicted octanol–water partition coefficient (Wildman–Crippen LogP) is 4.55. The molecule has 1 atom stereocenters. The smallest absolute Gasteiger partial charge is 0.282 e. The lowest BCUT2D eigenvalue weighted by atomic mass is 9.85. The molecule has 0 aliphatic heterocycles. The molecule has 3 rings (SSSR count). The maximum atomic E-state index is 12.7. The van der Waals surface area contributed by atoms with Crippen LogP contribution in [0.25, 0.3) is 0 Å². The molecule has 5 heteroatoms. The van der Waals surface area contributed by atoms with Crippen LogP contribution in [0.4, 0.5) is 5.69 Å². The monoisotopic (exact) mass is 360 g/mol. The van der Waals surface area contributed by atoms with E-state index in [4.69, 9.17) is 0 Å². The lowest BCUT2D eigenvalue weighted by Crippen LogP contribution is -2.37. The summed E-state index contributed by atoms with van der Waals surface area (Å²) in [7, 11) is 0. The Hall–Kier alpha value is -3.47. The summed E-state index contributed by atoms with van der Waals surface area (Å²) in [6, 6.07) is 25.5. The summed E-state index contributed by atoms with van der Waals surface area (Å²) in [6.45, 7) is 1.91. The predicted molar refractivity (Wildman–Crippen MR) is 105 cm³/mol. The van der Waals surface area contributed by atoms with Crippen LogP contribution in [-0.2, 0) is 0 Å². The van der Waals surface area contributed by atoms with E-state index in [1.165, 1.54) is 12.1 Å². The van der Waals surface area contributed by atoms with E-state index in [0.29, 0.717) is 0 Å². The molecule has 0 saturated heterocycles. The van der Waals surface area contributed by atoms with Crippen molar-refractivity contribution in [2.45, 2.75) is 18.9 Å². The third-order valence-electron chi connectivity index (χ3n) is 4.52. The average Bonchev–Trinajstić information content (AvgIpc) is 2.69. The molecule has 0 radical (unpaired) electrons. The zero-order chi connectivity index (χ0) is 19.2. The zero-order valence-electron chi connectivity index (χ0n) is 14.9. The van der Waals surface area contributed by atoms with E-state index in [1.54, 1.807) is 12.1 Å². The number of carbonyl (C=O) groups excluding carboxylic acids is 1. The van der Waals surface area contributed by atoms with Crippen LogP contribution in [0.5, 0.6) is 0 Å². The molecule has 0 heterocycles. The Labute approximate surface area is 157 Å². The fraction of sp³-hybridized carbons (Fsp3) is 0.136. The van der Waals surface area contributed by atoms with Gasteiger partial charge in [-0.3, -0.25) is 14.9 Å². The Morgan fingerprint density at radius 1 is 0.852 bits per heavy atom. The normalized spacial score (nSPS) is 11.8. The molecule has 1 N–H and O–H groups in total. The van der Waals surface area contributed by atoms with E-state index in [1.807, 2.05) is 67.6 Å². The van der Waals surface area contributed by atoms with E-state index in [0.717, 1.165) is 11.1 Å². The number of hydrogen-bond donors (Lipinski definition) is 1. The third kappa shape index (κ3) is 4.20. The Bertz CT molecular complexity index is 887. The maximum Gasteiger partial charge on any atom is 0.282 e. The molecule has 3 aromatic carbocycles. The molecular weight excluding hydrogens is 340 g/mol. The highest BCUT2D eigenvalue weighted by Gasteiger charge is 2.26. The first-order valence-corrected chi connectivity index (χ1v) is 8.72. The Kier molecular flexibility index (Phi) is 5.61. The van der Waals surface area contributed by atoms with Gasteiger partial charge in [-0.2, -0.15) is 0 Å². The van der Waals surface area contributed by atoms with Gasteiger partial charge in [-0.1, -0.05) is 72.8 Å². The second-order valence-electron chi connectivity index (χ2n) is 6.34. The number of rotatable bonds is 6. The molecule has 5 nitrogen and oxygen atoms in total. The molecule has 0 spiro atoms. The van der Waals surface area contributed by atoms with Crippen LogP contribution in [0.15, 0.2) is 84.9 Å². The first-order valence-electron chi connectivity index (χ1n) is 8.72. The third-order valence-corrected chi connectivity index (χ3v) is 4.52. The second kappa shape index (κ2) is 8.27. The van der Waals surface area contributed by atoms with Crippen molar-refractivity contribution in [1.29, 1.82) is 0 Å². The summed E-state index contributed by atoms with van der Waals surface area (Å²) in [5.41, 5.74) is 2.01. The number of nitro benzene ring substituents is 1. The molecule has 0 aromatic heterocycles. The van der Waals surface area contributed by atoms with Gasteiger partial charge in [0, 0.05) is 18.0 Å². The minimum atomic E-state index is -0.536. The first kappa shape index (κ1) is 18.3. The van der Waals surface area contributed by atoms with Crippen LogP contribution < -0.4 is 5.32 Å². The largest absolute Gasteiger partial charge is 0.348 e. The summed E-state index contributed by atoms with van der Waals surface area (Å²) in [5.74, 6) is -0.522. The van der Waals surface area contributed by atoms with Crippen molar-refractivity contribution in [1.82, 2.24) is 5.32 Å². The van der Waals surface area contributed by atoms with E-state index >= 15 is 0 Å². The number of nitrogens with zero attached hydrogens (tertiary/aromatic N) is 1. The second-order valence-corrected chi connectivity index (χ2v) is 6.34. The maximum absolute atomic E-state index is 12.7. The summed E-state index contributed by atoms with van der Waals surface area (Å²) in [4.78, 5) is 23.4. The Balaban J connectivity index is 1.91. The molecule has 0 aliphatic carbocycles. The molecule has 0 saturated carbocycles. The number of nitro groups is 1. The van der Waals surface area contributed by atoms with Crippen molar-refractivity contribution in [3.63, 3.8) is 0 Å². The molecule has 1 unspecified atom stereocenters. The van der Waals surface area contributed by atoms with Gasteiger partial charge in [0.2, 0.25) is 0 Å². The van der Waals surface area contributed by atoms with Crippen molar-refractivity contribution in [2.75, 3.05) is 0 Å². The molecule has 0 aliphatic rings. The van der Waals surface area contributed by atoms with Gasteiger partial charge >= 0.3 is 0 Å². The van der Waals surface area contributed by atoms with E-state index in [-0.39, 0.29) is 23.2 Å². The van der Waals surface area contributed by atoms with Crippen molar-refractivity contribution < 1.29 is 9.72 Å². The first-order chi connectivity index (χ1) is 13.1. The zero-order valence-corrected chi connectivity index (χ0v) is 14.9. The topological polar surface area (TPSA) is 72.2 Å². The number of nitrogens with one attached hydrogen (secondary N) is 1. The summed E-state index contributed by atoms with van der Waals surface area (Å²) in [5, 5.41) is 14.2. The summed E-state index contributed by atoms with van der Waals surface area (Å²) < 4.78 is 0. The number of carbonyl (C=O) groups is 1. The molecule has 3 aromatic rings. The van der Waals surface area contributed by atoms with E-state index < -0.39 is 10.8 Å². The van der Waals surface area contributed by atoms with Gasteiger partial charge in [-0.05, 0) is 24.1 Å². The van der Waals surface area contributed by atoms with E-state index in [9.17, 15) is 14.9 Å². The Morgan fingerprint density at radius 2 is 1.33 bits per heavy atom. The van der Waals surface area contributed by atoms with Gasteiger partial charge in [0.1, 0.15) is 5.56 Å². The van der Waals surface area contributed by atoms with Crippen LogP contribution >= 0.6 is 0 Å². The molecule has 0 fully saturated rings. The average molecular weight is 360 g/mol. The molecule has 0 bridgehead atoms. The highest BCUT2D eigenvalue weighted by atomic mass is 16.6. The fourth-order valence-corrected chi connectivity index (χ4v) is 3.28. The van der Waals surface area contributed by atoms with Gasteiger partial charge in [0.25, 0.3) is 11.6 Å². The standard InChI is InChI=1S/C22H20N2O3/c1-16(23-22(25)19-14-8-9-15-20(19)24(26)27)21(17-10-4-2-5-11-17)18-12-6-3-7-13-18/h2-16,21H,1H3,(H,23,25). The van der Waals surface area contributed by atoms with Crippen molar-refractivity contribution in [3.8, 4) is 0 Å². The Morgan fingerprint density at radius 3 is 1.85 bits per heavy atom. The van der Waals surface area contributed by atoms with Crippen molar-refractivity contribution in [2.24, 2.45) is 0 Å². The van der Waals surface area contributed by atoms with Crippen LogP contribution in [0.1, 0.15) is 34.3 Å². The van der Waals surface area contributed by atoms with Gasteiger partial charge in [0.15, 0.2) is 0 Å².